The first kappa shape index (κ1) is 14.5. The summed E-state index contributed by atoms with van der Waals surface area (Å²) in [7, 11) is 0. The lowest BCUT2D eigenvalue weighted by Gasteiger charge is -2.35. The van der Waals surface area contributed by atoms with Crippen LogP contribution in [0.25, 0.3) is 0 Å². The van der Waals surface area contributed by atoms with E-state index in [9.17, 15) is 4.79 Å². The van der Waals surface area contributed by atoms with Crippen molar-refractivity contribution in [2.24, 2.45) is 5.92 Å². The molecule has 1 amide bonds. The van der Waals surface area contributed by atoms with Crippen LogP contribution in [0.15, 0.2) is 30.3 Å². The van der Waals surface area contributed by atoms with Crippen LogP contribution in [0, 0.1) is 5.92 Å². The van der Waals surface area contributed by atoms with Crippen LogP contribution in [-0.4, -0.2) is 49.7 Å². The molecule has 1 aromatic carbocycles. The minimum atomic E-state index is 0.0437. The third-order valence-electron chi connectivity index (χ3n) is 4.66. The molecular formula is C17H24N2O2. The molecule has 1 atom stereocenters. The summed E-state index contributed by atoms with van der Waals surface area (Å²) in [6.45, 7) is 4.88. The molecule has 21 heavy (non-hydrogen) atoms. The van der Waals surface area contributed by atoms with Gasteiger partial charge in [-0.2, -0.15) is 0 Å². The second-order valence-corrected chi connectivity index (χ2v) is 6.07. The van der Waals surface area contributed by atoms with Gasteiger partial charge in [-0.05, 0) is 50.4 Å². The highest BCUT2D eigenvalue weighted by Crippen LogP contribution is 2.21. The zero-order chi connectivity index (χ0) is 14.5. The number of rotatable bonds is 4. The van der Waals surface area contributed by atoms with E-state index in [1.807, 2.05) is 30.3 Å². The van der Waals surface area contributed by atoms with Gasteiger partial charge in [0.05, 0.1) is 6.61 Å². The molecule has 0 radical (unpaired) electrons. The van der Waals surface area contributed by atoms with Crippen molar-refractivity contribution in [1.29, 1.82) is 0 Å². The van der Waals surface area contributed by atoms with Crippen molar-refractivity contribution >= 4 is 5.91 Å². The fourth-order valence-electron chi connectivity index (χ4n) is 3.26. The number of nitrogens with one attached hydrogen (secondary N) is 1. The molecule has 1 N–H and O–H groups in total. The number of ether oxygens (including phenoxy) is 1. The maximum atomic E-state index is 12.0. The average molecular weight is 288 g/mol. The number of benzene rings is 1. The molecule has 2 fully saturated rings. The summed E-state index contributed by atoms with van der Waals surface area (Å²) in [5, 5.41) is 3.07. The fraction of sp³-hybridized carbons (Fsp3) is 0.588. The third-order valence-corrected chi connectivity index (χ3v) is 4.66. The summed E-state index contributed by atoms with van der Waals surface area (Å²) in [5.74, 6) is 0.651. The first-order valence-corrected chi connectivity index (χ1v) is 7.98. The van der Waals surface area contributed by atoms with Gasteiger partial charge in [0.15, 0.2) is 0 Å². The molecule has 4 nitrogen and oxygen atoms in total. The van der Waals surface area contributed by atoms with Crippen LogP contribution in [0.3, 0.4) is 0 Å². The zero-order valence-electron chi connectivity index (χ0n) is 12.5. The Morgan fingerprint density at radius 2 is 1.95 bits per heavy atom. The van der Waals surface area contributed by atoms with Crippen LogP contribution < -0.4 is 5.32 Å². The van der Waals surface area contributed by atoms with E-state index in [0.29, 0.717) is 12.0 Å². The summed E-state index contributed by atoms with van der Waals surface area (Å²) in [6.07, 6.45) is 3.52. The Labute approximate surface area is 126 Å². The number of carbonyl (C=O) groups excluding carboxylic acids is 1. The van der Waals surface area contributed by atoms with Gasteiger partial charge in [-0.3, -0.25) is 9.69 Å². The molecule has 0 spiro atoms. The van der Waals surface area contributed by atoms with Crippen molar-refractivity contribution in [3.05, 3.63) is 35.9 Å². The van der Waals surface area contributed by atoms with E-state index in [2.05, 4.69) is 10.2 Å². The Morgan fingerprint density at radius 1 is 1.19 bits per heavy atom. The number of piperidine rings is 1. The van der Waals surface area contributed by atoms with Crippen LogP contribution in [0.5, 0.6) is 0 Å². The molecule has 3 rings (SSSR count). The number of nitrogens with zero attached hydrogens (tertiary/aromatic N) is 1. The monoisotopic (exact) mass is 288 g/mol. The lowest BCUT2D eigenvalue weighted by Crippen LogP contribution is -2.43. The first-order chi connectivity index (χ1) is 10.3. The molecule has 114 valence electrons. The van der Waals surface area contributed by atoms with E-state index in [-0.39, 0.29) is 5.91 Å². The van der Waals surface area contributed by atoms with E-state index in [1.165, 1.54) is 19.3 Å². The van der Waals surface area contributed by atoms with Gasteiger partial charge in [0.25, 0.3) is 5.91 Å². The van der Waals surface area contributed by atoms with E-state index >= 15 is 0 Å². The number of amides is 1. The normalized spacial score (nSPS) is 24.1. The fourth-order valence-corrected chi connectivity index (χ4v) is 3.26. The Hall–Kier alpha value is -1.39. The van der Waals surface area contributed by atoms with Gasteiger partial charge in [-0.15, -0.1) is 0 Å². The van der Waals surface area contributed by atoms with Crippen LogP contribution in [0.4, 0.5) is 0 Å². The predicted molar refractivity (Wildman–Crippen MR) is 82.3 cm³/mol. The molecule has 2 aliphatic rings. The average Bonchev–Trinajstić information content (AvgIpc) is 3.08. The maximum Gasteiger partial charge on any atom is 0.251 e. The highest BCUT2D eigenvalue weighted by Gasteiger charge is 2.27. The van der Waals surface area contributed by atoms with Crippen molar-refractivity contribution in [2.75, 3.05) is 32.8 Å². The lowest BCUT2D eigenvalue weighted by molar-refractivity contribution is 0.0911. The minimum Gasteiger partial charge on any atom is -0.380 e. The van der Waals surface area contributed by atoms with Gasteiger partial charge in [0, 0.05) is 24.8 Å². The number of likely N-dealkylation sites (tertiary alicyclic amines) is 1. The van der Waals surface area contributed by atoms with Gasteiger partial charge in [0.2, 0.25) is 0 Å². The molecule has 0 unspecified atom stereocenters. The van der Waals surface area contributed by atoms with Gasteiger partial charge >= 0.3 is 0 Å². The SMILES string of the molecule is O=C(NCC1CCN([C@@H]2CCOC2)CC1)c1ccccc1. The molecule has 2 aliphatic heterocycles. The number of hydrogen-bond acceptors (Lipinski definition) is 3. The summed E-state index contributed by atoms with van der Waals surface area (Å²) in [5.41, 5.74) is 0.748. The van der Waals surface area contributed by atoms with E-state index in [1.54, 1.807) is 0 Å². The predicted octanol–water partition coefficient (Wildman–Crippen LogP) is 1.92. The molecule has 0 saturated carbocycles. The van der Waals surface area contributed by atoms with Gasteiger partial charge in [-0.25, -0.2) is 0 Å². The van der Waals surface area contributed by atoms with Gasteiger partial charge in [-0.1, -0.05) is 18.2 Å². The highest BCUT2D eigenvalue weighted by atomic mass is 16.5. The Morgan fingerprint density at radius 3 is 2.62 bits per heavy atom. The second-order valence-electron chi connectivity index (χ2n) is 6.07. The standard InChI is InChI=1S/C17H24N2O2/c20-17(15-4-2-1-3-5-15)18-12-14-6-9-19(10-7-14)16-8-11-21-13-16/h1-5,14,16H,6-13H2,(H,18,20)/t16-/m1/s1. The first-order valence-electron chi connectivity index (χ1n) is 7.98. The summed E-state index contributed by atoms with van der Waals surface area (Å²) in [6, 6.07) is 10.1. The number of carbonyl (C=O) groups is 1. The molecular weight excluding hydrogens is 264 g/mol. The summed E-state index contributed by atoms with van der Waals surface area (Å²) < 4.78 is 5.47. The molecule has 2 heterocycles. The van der Waals surface area contributed by atoms with E-state index in [0.717, 1.165) is 38.4 Å². The van der Waals surface area contributed by atoms with E-state index in [4.69, 9.17) is 4.74 Å². The van der Waals surface area contributed by atoms with Crippen molar-refractivity contribution in [3.8, 4) is 0 Å². The van der Waals surface area contributed by atoms with Crippen molar-refractivity contribution < 1.29 is 9.53 Å². The Kier molecular flexibility index (Phi) is 4.88. The van der Waals surface area contributed by atoms with Crippen LogP contribution in [-0.2, 0) is 4.74 Å². The molecule has 2 saturated heterocycles. The van der Waals surface area contributed by atoms with Crippen LogP contribution >= 0.6 is 0 Å². The van der Waals surface area contributed by atoms with Crippen molar-refractivity contribution in [1.82, 2.24) is 10.2 Å². The smallest absolute Gasteiger partial charge is 0.251 e. The number of hydrogen-bond donors (Lipinski definition) is 1. The Balaban J connectivity index is 1.40. The van der Waals surface area contributed by atoms with Crippen molar-refractivity contribution in [2.45, 2.75) is 25.3 Å². The minimum absolute atomic E-state index is 0.0437. The van der Waals surface area contributed by atoms with Crippen LogP contribution in [0.1, 0.15) is 29.6 Å². The van der Waals surface area contributed by atoms with Gasteiger partial charge < -0.3 is 10.1 Å². The Bertz CT molecular complexity index is 449. The molecule has 0 aromatic heterocycles. The quantitative estimate of drug-likeness (QED) is 0.920. The summed E-state index contributed by atoms with van der Waals surface area (Å²) in [4.78, 5) is 14.6. The van der Waals surface area contributed by atoms with E-state index < -0.39 is 0 Å². The summed E-state index contributed by atoms with van der Waals surface area (Å²) >= 11 is 0. The lowest BCUT2D eigenvalue weighted by atomic mass is 9.95. The molecule has 0 aliphatic carbocycles. The maximum absolute atomic E-state index is 12.0. The molecule has 0 bridgehead atoms. The zero-order valence-corrected chi connectivity index (χ0v) is 12.5. The molecule has 4 heteroatoms. The highest BCUT2D eigenvalue weighted by molar-refractivity contribution is 5.94. The third kappa shape index (κ3) is 3.83. The largest absolute Gasteiger partial charge is 0.380 e. The van der Waals surface area contributed by atoms with Gasteiger partial charge in [0.1, 0.15) is 0 Å². The molecule has 1 aromatic rings. The second kappa shape index (κ2) is 7.05. The van der Waals surface area contributed by atoms with Crippen molar-refractivity contribution in [3.63, 3.8) is 0 Å². The topological polar surface area (TPSA) is 41.6 Å². The van der Waals surface area contributed by atoms with Crippen LogP contribution in [0.2, 0.25) is 0 Å².